The first kappa shape index (κ1) is 31.4. The van der Waals surface area contributed by atoms with E-state index < -0.39 is 18.1 Å². The molecule has 0 bridgehead atoms. The molecule has 4 N–H and O–H groups in total. The van der Waals surface area contributed by atoms with Crippen molar-refractivity contribution < 1.29 is 14.4 Å². The van der Waals surface area contributed by atoms with Gasteiger partial charge in [-0.2, -0.15) is 0 Å². The molecule has 3 aromatic rings. The molecule has 0 saturated carbocycles. The zero-order chi connectivity index (χ0) is 30.9. The van der Waals surface area contributed by atoms with Gasteiger partial charge in [0.1, 0.15) is 12.1 Å². The van der Waals surface area contributed by atoms with Crippen LogP contribution in [0.2, 0.25) is 0 Å². The van der Waals surface area contributed by atoms with Crippen LogP contribution in [-0.4, -0.2) is 67.4 Å². The minimum Gasteiger partial charge on any atom is -0.343 e. The van der Waals surface area contributed by atoms with E-state index in [9.17, 15) is 14.4 Å². The summed E-state index contributed by atoms with van der Waals surface area (Å²) in [6.07, 6.45) is 4.29. The fourth-order valence-electron chi connectivity index (χ4n) is 6.83. The van der Waals surface area contributed by atoms with Crippen LogP contribution >= 0.6 is 0 Å². The molecule has 3 amide bonds. The second-order valence-electron chi connectivity index (χ2n) is 12.0. The number of fused-ring (bicyclic) bond motifs is 1. The molecule has 0 radical (unpaired) electrons. The predicted octanol–water partition coefficient (Wildman–Crippen LogP) is 3.59. The van der Waals surface area contributed by atoms with E-state index in [0.29, 0.717) is 12.8 Å². The summed E-state index contributed by atoms with van der Waals surface area (Å²) in [7, 11) is 3.67. The van der Waals surface area contributed by atoms with Gasteiger partial charge in [0, 0.05) is 6.04 Å². The largest absolute Gasteiger partial charge is 0.343 e. The summed E-state index contributed by atoms with van der Waals surface area (Å²) in [5, 5.41) is 12.8. The van der Waals surface area contributed by atoms with Gasteiger partial charge in [0.2, 0.25) is 17.7 Å². The first-order valence-electron chi connectivity index (χ1n) is 15.9. The van der Waals surface area contributed by atoms with Crippen molar-refractivity contribution in [3.8, 4) is 0 Å². The number of nitrogens with one attached hydrogen (secondary N) is 4. The molecule has 8 nitrogen and oxygen atoms in total. The van der Waals surface area contributed by atoms with E-state index in [0.717, 1.165) is 48.9 Å². The Morgan fingerprint density at radius 1 is 0.818 bits per heavy atom. The normalized spacial score (nSPS) is 22.2. The number of rotatable bonds is 12. The smallest absolute Gasteiger partial charge is 0.246 e. The standard InChI is InChI=1S/C36H45N5O3/c1-37-23-22-28-18-19-29-20-21-31(35(43)39-32(26-14-8-4-9-15-26)27-16-10-5-11-17-27)41(29)36(44)33(28)40-34(42)30(38-2)24-25-12-6-3-7-13-25/h3-17,28-33,37-38H,18-24H2,1-2H3,(H,39,43)(H,40,42)/t28-,29+,30?,31+,33?/m1/s1. The molecule has 0 aliphatic carbocycles. The summed E-state index contributed by atoms with van der Waals surface area (Å²) in [5.74, 6) is -0.528. The van der Waals surface area contributed by atoms with Crippen molar-refractivity contribution in [1.82, 2.24) is 26.2 Å². The molecule has 44 heavy (non-hydrogen) atoms. The number of carbonyl (C=O) groups excluding carboxylic acids is 3. The van der Waals surface area contributed by atoms with Crippen LogP contribution in [0.5, 0.6) is 0 Å². The maximum absolute atomic E-state index is 14.4. The predicted molar refractivity (Wildman–Crippen MR) is 173 cm³/mol. The lowest BCUT2D eigenvalue weighted by Gasteiger charge is -2.33. The fraction of sp³-hybridized carbons (Fsp3) is 0.417. The fourth-order valence-corrected chi connectivity index (χ4v) is 6.83. The summed E-state index contributed by atoms with van der Waals surface area (Å²) in [6, 6.07) is 27.6. The molecule has 2 unspecified atom stereocenters. The number of nitrogens with zero attached hydrogens (tertiary/aromatic N) is 1. The van der Waals surface area contributed by atoms with E-state index in [1.807, 2.05) is 98.0 Å². The third kappa shape index (κ3) is 7.37. The molecule has 3 aromatic carbocycles. The lowest BCUT2D eigenvalue weighted by atomic mass is 9.90. The van der Waals surface area contributed by atoms with Gasteiger partial charge in [0.25, 0.3) is 0 Å². The first-order chi connectivity index (χ1) is 21.5. The molecule has 2 saturated heterocycles. The van der Waals surface area contributed by atoms with Crippen molar-refractivity contribution in [1.29, 1.82) is 0 Å². The Bertz CT molecular complexity index is 1330. The summed E-state index contributed by atoms with van der Waals surface area (Å²) in [4.78, 5) is 43.9. The van der Waals surface area contributed by atoms with Crippen LogP contribution in [0.1, 0.15) is 54.8 Å². The van der Waals surface area contributed by atoms with E-state index >= 15 is 0 Å². The Hall–Kier alpha value is -4.01. The average Bonchev–Trinajstić information content (AvgIpc) is 3.45. The highest BCUT2D eigenvalue weighted by molar-refractivity contribution is 5.94. The molecular weight excluding hydrogens is 550 g/mol. The molecular formula is C36H45N5O3. The molecule has 8 heteroatoms. The molecule has 5 atom stereocenters. The van der Waals surface area contributed by atoms with Crippen molar-refractivity contribution >= 4 is 17.7 Å². The molecule has 2 aliphatic rings. The van der Waals surface area contributed by atoms with Crippen LogP contribution in [0.15, 0.2) is 91.0 Å². The minimum absolute atomic E-state index is 0.0199. The first-order valence-corrected chi connectivity index (χ1v) is 15.9. The van der Waals surface area contributed by atoms with Gasteiger partial charge in [0.05, 0.1) is 12.1 Å². The number of amides is 3. The maximum atomic E-state index is 14.4. The zero-order valence-electron chi connectivity index (χ0n) is 25.7. The summed E-state index contributed by atoms with van der Waals surface area (Å²) < 4.78 is 0. The summed E-state index contributed by atoms with van der Waals surface area (Å²) in [6.45, 7) is 0.744. The van der Waals surface area contributed by atoms with Gasteiger partial charge in [-0.05, 0) is 81.8 Å². The highest BCUT2D eigenvalue weighted by Gasteiger charge is 2.47. The van der Waals surface area contributed by atoms with Gasteiger partial charge in [-0.3, -0.25) is 14.4 Å². The number of carbonyl (C=O) groups is 3. The summed E-state index contributed by atoms with van der Waals surface area (Å²) in [5.41, 5.74) is 3.01. The minimum atomic E-state index is -0.695. The highest BCUT2D eigenvalue weighted by atomic mass is 16.2. The Morgan fingerprint density at radius 3 is 2.00 bits per heavy atom. The van der Waals surface area contributed by atoms with E-state index in [1.54, 1.807) is 11.9 Å². The highest BCUT2D eigenvalue weighted by Crippen LogP contribution is 2.35. The number of likely N-dealkylation sites (N-methyl/N-ethyl adjacent to an activating group) is 1. The van der Waals surface area contributed by atoms with Gasteiger partial charge >= 0.3 is 0 Å². The Kier molecular flexibility index (Phi) is 10.8. The summed E-state index contributed by atoms with van der Waals surface area (Å²) >= 11 is 0. The lowest BCUT2D eigenvalue weighted by molar-refractivity contribution is -0.143. The van der Waals surface area contributed by atoms with Crippen LogP contribution < -0.4 is 21.3 Å². The monoisotopic (exact) mass is 595 g/mol. The van der Waals surface area contributed by atoms with Gasteiger partial charge < -0.3 is 26.2 Å². The second kappa shape index (κ2) is 15.1. The molecule has 2 aliphatic heterocycles. The van der Waals surface area contributed by atoms with Crippen LogP contribution in [0.25, 0.3) is 0 Å². The van der Waals surface area contributed by atoms with Crippen LogP contribution in [0.3, 0.4) is 0 Å². The van der Waals surface area contributed by atoms with E-state index in [-0.39, 0.29) is 35.7 Å². The van der Waals surface area contributed by atoms with Gasteiger partial charge in [0.15, 0.2) is 0 Å². The zero-order valence-corrected chi connectivity index (χ0v) is 25.7. The third-order valence-corrected chi connectivity index (χ3v) is 9.23. The maximum Gasteiger partial charge on any atom is 0.246 e. The molecule has 2 fully saturated rings. The SMILES string of the molecule is CNCC[C@H]1CC[C@H]2CC[C@@H](C(=O)NC(c3ccccc3)c3ccccc3)N2C(=O)C1NC(=O)C(Cc1ccccc1)NC. The van der Waals surface area contributed by atoms with Gasteiger partial charge in [-0.15, -0.1) is 0 Å². The quantitative estimate of drug-likeness (QED) is 0.256. The topological polar surface area (TPSA) is 103 Å². The Labute approximate surface area is 261 Å². The van der Waals surface area contributed by atoms with E-state index in [4.69, 9.17) is 0 Å². The van der Waals surface area contributed by atoms with Crippen molar-refractivity contribution in [2.45, 2.75) is 68.7 Å². The molecule has 0 spiro atoms. The number of hydrogen-bond acceptors (Lipinski definition) is 5. The molecule has 5 rings (SSSR count). The van der Waals surface area contributed by atoms with Crippen LogP contribution in [0, 0.1) is 5.92 Å². The van der Waals surface area contributed by atoms with Crippen molar-refractivity contribution in [3.05, 3.63) is 108 Å². The molecule has 232 valence electrons. The van der Waals surface area contributed by atoms with Crippen LogP contribution in [-0.2, 0) is 20.8 Å². The number of hydrogen-bond donors (Lipinski definition) is 4. The van der Waals surface area contributed by atoms with E-state index in [1.165, 1.54) is 0 Å². The second-order valence-corrected chi connectivity index (χ2v) is 12.0. The number of benzene rings is 3. The van der Waals surface area contributed by atoms with Crippen LogP contribution in [0.4, 0.5) is 0 Å². The van der Waals surface area contributed by atoms with Crippen molar-refractivity contribution in [3.63, 3.8) is 0 Å². The third-order valence-electron chi connectivity index (χ3n) is 9.23. The molecule has 0 aromatic heterocycles. The Balaban J connectivity index is 1.37. The van der Waals surface area contributed by atoms with Crippen molar-refractivity contribution in [2.75, 3.05) is 20.6 Å². The van der Waals surface area contributed by atoms with E-state index in [2.05, 4.69) is 21.3 Å². The van der Waals surface area contributed by atoms with Gasteiger partial charge in [-0.25, -0.2) is 0 Å². The Morgan fingerprint density at radius 2 is 1.41 bits per heavy atom. The van der Waals surface area contributed by atoms with Gasteiger partial charge in [-0.1, -0.05) is 91.0 Å². The molecule has 2 heterocycles. The average molecular weight is 596 g/mol. The lowest BCUT2D eigenvalue weighted by Crippen LogP contribution is -2.58. The van der Waals surface area contributed by atoms with Crippen molar-refractivity contribution in [2.24, 2.45) is 5.92 Å².